The number of rotatable bonds is 8. The number of carbonyl (C=O) groups excluding carboxylic acids is 1. The standard InChI is InChI=1S/C23H28ClN5O/c1-15-4-6-16(7-5-15)21(30)20-19(14-25)22(27-13-12-23(2,3)26)29(28-20)18-10-8-17(24)9-11-18/h4-11,27H,12-14,25-26H2,1-3H3. The molecule has 3 aromatic rings. The monoisotopic (exact) mass is 425 g/mol. The molecule has 0 bridgehead atoms. The van der Waals surface area contributed by atoms with Crippen LogP contribution in [-0.4, -0.2) is 27.6 Å². The zero-order valence-electron chi connectivity index (χ0n) is 17.6. The highest BCUT2D eigenvalue weighted by atomic mass is 35.5. The summed E-state index contributed by atoms with van der Waals surface area (Å²) in [7, 11) is 0. The maximum atomic E-state index is 13.2. The minimum Gasteiger partial charge on any atom is -0.370 e. The van der Waals surface area contributed by atoms with Crippen LogP contribution in [0.4, 0.5) is 5.82 Å². The number of nitrogens with one attached hydrogen (secondary N) is 1. The van der Waals surface area contributed by atoms with Gasteiger partial charge < -0.3 is 16.8 Å². The second-order valence-electron chi connectivity index (χ2n) is 8.13. The van der Waals surface area contributed by atoms with E-state index in [1.165, 1.54) is 0 Å². The summed E-state index contributed by atoms with van der Waals surface area (Å²) in [5, 5.41) is 8.66. The minimum atomic E-state index is -0.318. The van der Waals surface area contributed by atoms with Crippen LogP contribution in [0.1, 0.15) is 47.4 Å². The average Bonchev–Trinajstić information content (AvgIpc) is 3.06. The molecule has 7 heteroatoms. The molecule has 0 unspecified atom stereocenters. The molecule has 6 nitrogen and oxygen atoms in total. The fraction of sp³-hybridized carbons (Fsp3) is 0.304. The van der Waals surface area contributed by atoms with Crippen LogP contribution < -0.4 is 16.8 Å². The van der Waals surface area contributed by atoms with Gasteiger partial charge in [0.2, 0.25) is 5.78 Å². The Balaban J connectivity index is 2.06. The smallest absolute Gasteiger partial charge is 0.213 e. The molecule has 0 radical (unpaired) electrons. The van der Waals surface area contributed by atoms with Crippen molar-refractivity contribution in [2.24, 2.45) is 11.5 Å². The number of anilines is 1. The Bertz CT molecular complexity index is 1020. The summed E-state index contributed by atoms with van der Waals surface area (Å²) >= 11 is 6.05. The molecule has 0 aliphatic carbocycles. The molecule has 0 saturated carbocycles. The van der Waals surface area contributed by atoms with Crippen LogP contribution in [0.15, 0.2) is 48.5 Å². The van der Waals surface area contributed by atoms with E-state index in [4.69, 9.17) is 23.1 Å². The SMILES string of the molecule is Cc1ccc(C(=O)c2nn(-c3ccc(Cl)cc3)c(NCCC(C)(C)N)c2CN)cc1. The van der Waals surface area contributed by atoms with Crippen molar-refractivity contribution in [3.05, 3.63) is 75.9 Å². The fourth-order valence-corrected chi connectivity index (χ4v) is 3.25. The van der Waals surface area contributed by atoms with Crippen molar-refractivity contribution in [1.29, 1.82) is 0 Å². The lowest BCUT2D eigenvalue weighted by molar-refractivity contribution is 0.103. The second-order valence-corrected chi connectivity index (χ2v) is 8.57. The number of hydrogen-bond acceptors (Lipinski definition) is 5. The molecular weight excluding hydrogens is 398 g/mol. The molecule has 0 atom stereocenters. The number of aryl methyl sites for hydroxylation is 1. The van der Waals surface area contributed by atoms with E-state index >= 15 is 0 Å². The first-order valence-corrected chi connectivity index (χ1v) is 10.3. The summed E-state index contributed by atoms with van der Waals surface area (Å²) < 4.78 is 1.71. The molecule has 0 fully saturated rings. The van der Waals surface area contributed by atoms with Gasteiger partial charge in [0.05, 0.1) is 5.69 Å². The predicted octanol–water partition coefficient (Wildman–Crippen LogP) is 4.06. The van der Waals surface area contributed by atoms with Crippen LogP contribution in [0.25, 0.3) is 5.69 Å². The van der Waals surface area contributed by atoms with E-state index in [2.05, 4.69) is 10.4 Å². The van der Waals surface area contributed by atoms with E-state index in [1.807, 2.05) is 57.2 Å². The Kier molecular flexibility index (Phi) is 6.61. The average molecular weight is 426 g/mol. The number of benzene rings is 2. The lowest BCUT2D eigenvalue weighted by Gasteiger charge is -2.19. The minimum absolute atomic E-state index is 0.162. The number of halogens is 1. The zero-order chi connectivity index (χ0) is 21.9. The summed E-state index contributed by atoms with van der Waals surface area (Å²) in [4.78, 5) is 13.2. The quantitative estimate of drug-likeness (QED) is 0.472. The van der Waals surface area contributed by atoms with Gasteiger partial charge in [-0.2, -0.15) is 5.10 Å². The first-order chi connectivity index (χ1) is 14.2. The lowest BCUT2D eigenvalue weighted by Crippen LogP contribution is -2.34. The molecular formula is C23H28ClN5O. The molecule has 1 heterocycles. The van der Waals surface area contributed by atoms with Crippen molar-refractivity contribution in [2.45, 2.75) is 39.3 Å². The largest absolute Gasteiger partial charge is 0.370 e. The van der Waals surface area contributed by atoms with Crippen LogP contribution in [0.2, 0.25) is 5.02 Å². The predicted molar refractivity (Wildman–Crippen MR) is 122 cm³/mol. The van der Waals surface area contributed by atoms with Crippen molar-refractivity contribution in [3.63, 3.8) is 0 Å². The van der Waals surface area contributed by atoms with E-state index < -0.39 is 0 Å². The van der Waals surface area contributed by atoms with Crippen molar-refractivity contribution in [1.82, 2.24) is 9.78 Å². The lowest BCUT2D eigenvalue weighted by atomic mass is 10.0. The topological polar surface area (TPSA) is 99.0 Å². The van der Waals surface area contributed by atoms with Gasteiger partial charge in [0.15, 0.2) is 0 Å². The Morgan fingerprint density at radius 2 is 1.77 bits per heavy atom. The highest BCUT2D eigenvalue weighted by molar-refractivity contribution is 6.30. The van der Waals surface area contributed by atoms with Gasteiger partial charge in [-0.05, 0) is 51.5 Å². The maximum Gasteiger partial charge on any atom is 0.213 e. The number of nitrogens with zero attached hydrogens (tertiary/aromatic N) is 2. The molecule has 3 rings (SSSR count). The molecule has 0 aliphatic heterocycles. The van der Waals surface area contributed by atoms with Crippen molar-refractivity contribution < 1.29 is 4.79 Å². The normalized spacial score (nSPS) is 11.5. The summed E-state index contributed by atoms with van der Waals surface area (Å²) in [5.74, 6) is 0.532. The summed E-state index contributed by atoms with van der Waals surface area (Å²) in [6.07, 6.45) is 0.740. The first-order valence-electron chi connectivity index (χ1n) is 9.91. The molecule has 0 aliphatic rings. The van der Waals surface area contributed by atoms with Crippen LogP contribution >= 0.6 is 11.6 Å². The van der Waals surface area contributed by atoms with E-state index in [-0.39, 0.29) is 17.9 Å². The number of aromatic nitrogens is 2. The zero-order valence-corrected chi connectivity index (χ0v) is 18.3. The molecule has 0 amide bonds. The van der Waals surface area contributed by atoms with Gasteiger partial charge in [-0.3, -0.25) is 4.79 Å². The summed E-state index contributed by atoms with van der Waals surface area (Å²) in [6, 6.07) is 14.7. The highest BCUT2D eigenvalue weighted by Crippen LogP contribution is 2.27. The Labute approximate surface area is 182 Å². The van der Waals surface area contributed by atoms with Gasteiger partial charge in [0, 0.05) is 34.8 Å². The highest BCUT2D eigenvalue weighted by Gasteiger charge is 2.24. The van der Waals surface area contributed by atoms with Crippen molar-refractivity contribution in [2.75, 3.05) is 11.9 Å². The maximum absolute atomic E-state index is 13.2. The number of hydrogen-bond donors (Lipinski definition) is 3. The number of ketones is 1. The van der Waals surface area contributed by atoms with Crippen molar-refractivity contribution in [3.8, 4) is 5.69 Å². The Morgan fingerprint density at radius 3 is 2.33 bits per heavy atom. The Hall–Kier alpha value is -2.67. The first kappa shape index (κ1) is 22.0. The fourth-order valence-electron chi connectivity index (χ4n) is 3.12. The third-order valence-corrected chi connectivity index (χ3v) is 5.10. The van der Waals surface area contributed by atoms with Gasteiger partial charge in [-0.1, -0.05) is 41.4 Å². The third kappa shape index (κ3) is 5.08. The van der Waals surface area contributed by atoms with Gasteiger partial charge in [-0.25, -0.2) is 4.68 Å². The summed E-state index contributed by atoms with van der Waals surface area (Å²) in [5.41, 5.74) is 15.3. The molecule has 5 N–H and O–H groups in total. The van der Waals surface area contributed by atoms with E-state index in [9.17, 15) is 4.79 Å². The van der Waals surface area contributed by atoms with Crippen molar-refractivity contribution >= 4 is 23.2 Å². The Morgan fingerprint density at radius 1 is 1.13 bits per heavy atom. The van der Waals surface area contributed by atoms with E-state index in [0.717, 1.165) is 17.7 Å². The van der Waals surface area contributed by atoms with Crippen LogP contribution in [0.5, 0.6) is 0 Å². The van der Waals surface area contributed by atoms with Gasteiger partial charge in [-0.15, -0.1) is 0 Å². The van der Waals surface area contributed by atoms with Crippen LogP contribution in [0.3, 0.4) is 0 Å². The van der Waals surface area contributed by atoms with E-state index in [0.29, 0.717) is 34.2 Å². The van der Waals surface area contributed by atoms with Gasteiger partial charge >= 0.3 is 0 Å². The third-order valence-electron chi connectivity index (χ3n) is 4.85. The van der Waals surface area contributed by atoms with Gasteiger partial charge in [0.1, 0.15) is 11.5 Å². The molecule has 0 saturated heterocycles. The molecule has 158 valence electrons. The van der Waals surface area contributed by atoms with E-state index in [1.54, 1.807) is 16.8 Å². The van der Waals surface area contributed by atoms with Crippen LogP contribution in [-0.2, 0) is 6.54 Å². The molecule has 1 aromatic heterocycles. The summed E-state index contributed by atoms with van der Waals surface area (Å²) in [6.45, 7) is 6.72. The molecule has 0 spiro atoms. The van der Waals surface area contributed by atoms with Crippen LogP contribution in [0, 0.1) is 6.92 Å². The van der Waals surface area contributed by atoms with Gasteiger partial charge in [0.25, 0.3) is 0 Å². The molecule has 2 aromatic carbocycles. The number of nitrogens with two attached hydrogens (primary N) is 2. The molecule has 30 heavy (non-hydrogen) atoms. The number of carbonyl (C=O) groups is 1. The second kappa shape index (κ2) is 9.00.